The van der Waals surface area contributed by atoms with Crippen LogP contribution in [0.4, 0.5) is 0 Å². The molecular weight excluding hydrogens is 324 g/mol. The van der Waals surface area contributed by atoms with E-state index in [4.69, 9.17) is 29.6 Å². The van der Waals surface area contributed by atoms with Crippen molar-refractivity contribution in [1.82, 2.24) is 4.90 Å². The maximum Gasteiger partial charge on any atom is 0.254 e. The number of thiocarbonyl (C=S) groups is 1. The van der Waals surface area contributed by atoms with E-state index in [1.165, 1.54) is 0 Å². The first-order chi connectivity index (χ1) is 7.95. The summed E-state index contributed by atoms with van der Waals surface area (Å²) >= 11 is 14.0. The molecule has 0 aliphatic rings. The van der Waals surface area contributed by atoms with Gasteiger partial charge in [0.15, 0.2) is 0 Å². The monoisotopic (exact) mass is 334 g/mol. The molecule has 0 spiro atoms. The lowest BCUT2D eigenvalue weighted by atomic mass is 10.2. The molecule has 0 unspecified atom stereocenters. The third-order valence-electron chi connectivity index (χ3n) is 2.18. The maximum absolute atomic E-state index is 12.1. The second kappa shape index (κ2) is 6.33. The highest BCUT2D eigenvalue weighted by Crippen LogP contribution is 2.23. The van der Waals surface area contributed by atoms with Crippen LogP contribution < -0.4 is 5.73 Å². The number of nitrogens with zero attached hydrogens (tertiary/aromatic N) is 1. The molecule has 2 N–H and O–H groups in total. The summed E-state index contributed by atoms with van der Waals surface area (Å²) in [7, 11) is 0. The van der Waals surface area contributed by atoms with E-state index < -0.39 is 0 Å². The molecular formula is C11H12BrClN2OS. The van der Waals surface area contributed by atoms with Crippen molar-refractivity contribution in [2.24, 2.45) is 5.73 Å². The van der Waals surface area contributed by atoms with Crippen LogP contribution in [0.2, 0.25) is 5.02 Å². The lowest BCUT2D eigenvalue weighted by molar-refractivity contribution is 0.0788. The fourth-order valence-electron chi connectivity index (χ4n) is 1.33. The fourth-order valence-corrected chi connectivity index (χ4v) is 1.91. The van der Waals surface area contributed by atoms with Gasteiger partial charge in [0.2, 0.25) is 0 Å². The van der Waals surface area contributed by atoms with Gasteiger partial charge < -0.3 is 10.6 Å². The lowest BCUT2D eigenvalue weighted by Crippen LogP contribution is -2.37. The van der Waals surface area contributed by atoms with E-state index in [9.17, 15) is 4.79 Å². The molecule has 0 saturated carbocycles. The third kappa shape index (κ3) is 3.94. The maximum atomic E-state index is 12.1. The molecule has 3 nitrogen and oxygen atoms in total. The van der Waals surface area contributed by atoms with Gasteiger partial charge in [0, 0.05) is 16.6 Å². The van der Waals surface area contributed by atoms with E-state index in [0.717, 1.165) is 4.47 Å². The quantitative estimate of drug-likeness (QED) is 0.861. The Kier molecular flexibility index (Phi) is 5.36. The lowest BCUT2D eigenvalue weighted by Gasteiger charge is -2.20. The molecule has 0 heterocycles. The minimum atomic E-state index is -0.130. The molecule has 0 saturated heterocycles. The van der Waals surface area contributed by atoms with E-state index in [1.54, 1.807) is 23.1 Å². The van der Waals surface area contributed by atoms with Gasteiger partial charge in [0.25, 0.3) is 5.91 Å². The van der Waals surface area contributed by atoms with Gasteiger partial charge in [-0.25, -0.2) is 0 Å². The summed E-state index contributed by atoms with van der Waals surface area (Å²) in [6, 6.07) is 5.07. The normalized spacial score (nSPS) is 10.1. The molecule has 1 aromatic carbocycles. The molecule has 1 amide bonds. The van der Waals surface area contributed by atoms with Crippen LogP contribution in [-0.4, -0.2) is 28.9 Å². The van der Waals surface area contributed by atoms with Crippen LogP contribution in [-0.2, 0) is 0 Å². The summed E-state index contributed by atoms with van der Waals surface area (Å²) in [6.45, 7) is 2.69. The van der Waals surface area contributed by atoms with Gasteiger partial charge in [-0.2, -0.15) is 0 Å². The zero-order chi connectivity index (χ0) is 13.0. The van der Waals surface area contributed by atoms with Crippen LogP contribution in [0.3, 0.4) is 0 Å². The first-order valence-electron chi connectivity index (χ1n) is 4.98. The molecule has 0 fully saturated rings. The minimum Gasteiger partial charge on any atom is -0.392 e. The highest BCUT2D eigenvalue weighted by Gasteiger charge is 2.15. The van der Waals surface area contributed by atoms with E-state index in [2.05, 4.69) is 15.9 Å². The van der Waals surface area contributed by atoms with Crippen molar-refractivity contribution < 1.29 is 4.79 Å². The van der Waals surface area contributed by atoms with Gasteiger partial charge in [-0.05, 0) is 41.1 Å². The first kappa shape index (κ1) is 14.4. The van der Waals surface area contributed by atoms with Gasteiger partial charge in [0.05, 0.1) is 16.6 Å². The standard InChI is InChI=1S/C11H12BrClN2OS/c1-2-15(6-10(14)17)11(16)7-3-4-8(12)9(13)5-7/h3-5H,2,6H2,1H3,(H2,14,17). The van der Waals surface area contributed by atoms with E-state index in [1.807, 2.05) is 6.92 Å². The second-order valence-electron chi connectivity index (χ2n) is 3.41. The van der Waals surface area contributed by atoms with Crippen molar-refractivity contribution in [2.45, 2.75) is 6.92 Å². The Morgan fingerprint density at radius 1 is 1.59 bits per heavy atom. The number of nitrogens with two attached hydrogens (primary N) is 1. The Morgan fingerprint density at radius 2 is 2.24 bits per heavy atom. The molecule has 1 rings (SSSR count). The summed E-state index contributed by atoms with van der Waals surface area (Å²) < 4.78 is 0.758. The summed E-state index contributed by atoms with van der Waals surface area (Å²) in [5, 5.41) is 0.502. The van der Waals surface area contributed by atoms with Crippen LogP contribution in [0.1, 0.15) is 17.3 Å². The van der Waals surface area contributed by atoms with Crippen molar-refractivity contribution in [3.8, 4) is 0 Å². The molecule has 0 aliphatic carbocycles. The predicted octanol–water partition coefficient (Wildman–Crippen LogP) is 2.85. The van der Waals surface area contributed by atoms with Crippen LogP contribution in [0.5, 0.6) is 0 Å². The zero-order valence-corrected chi connectivity index (χ0v) is 12.4. The second-order valence-corrected chi connectivity index (χ2v) is 5.20. The Hall–Kier alpha value is -0.650. The highest BCUT2D eigenvalue weighted by molar-refractivity contribution is 9.10. The van der Waals surface area contributed by atoms with Gasteiger partial charge in [-0.1, -0.05) is 23.8 Å². The topological polar surface area (TPSA) is 46.3 Å². The number of benzene rings is 1. The van der Waals surface area contributed by atoms with Gasteiger partial charge in [0.1, 0.15) is 0 Å². The van der Waals surface area contributed by atoms with Crippen LogP contribution in [0.15, 0.2) is 22.7 Å². The number of carbonyl (C=O) groups excluding carboxylic acids is 1. The van der Waals surface area contributed by atoms with Crippen molar-refractivity contribution in [1.29, 1.82) is 0 Å². The SMILES string of the molecule is CCN(CC(N)=S)C(=O)c1ccc(Br)c(Cl)c1. The zero-order valence-electron chi connectivity index (χ0n) is 9.24. The smallest absolute Gasteiger partial charge is 0.254 e. The highest BCUT2D eigenvalue weighted by atomic mass is 79.9. The van der Waals surface area contributed by atoms with E-state index in [0.29, 0.717) is 22.1 Å². The van der Waals surface area contributed by atoms with Crippen molar-refractivity contribution in [2.75, 3.05) is 13.1 Å². The van der Waals surface area contributed by atoms with Crippen LogP contribution in [0.25, 0.3) is 0 Å². The third-order valence-corrected chi connectivity index (χ3v) is 3.54. The van der Waals surface area contributed by atoms with E-state index >= 15 is 0 Å². The molecule has 1 aromatic rings. The molecule has 0 aliphatic heterocycles. The molecule has 92 valence electrons. The summed E-state index contributed by atoms with van der Waals surface area (Å²) in [6.07, 6.45) is 0. The molecule has 0 aromatic heterocycles. The summed E-state index contributed by atoms with van der Waals surface area (Å²) in [4.78, 5) is 14.0. The summed E-state index contributed by atoms with van der Waals surface area (Å²) in [5.74, 6) is -0.130. The number of rotatable bonds is 4. The Balaban J connectivity index is 2.93. The minimum absolute atomic E-state index is 0.130. The van der Waals surface area contributed by atoms with Crippen molar-refractivity contribution >= 4 is 50.6 Å². The number of hydrogen-bond acceptors (Lipinski definition) is 2. The predicted molar refractivity (Wildman–Crippen MR) is 77.5 cm³/mol. The molecule has 0 atom stereocenters. The fraction of sp³-hybridized carbons (Fsp3) is 0.273. The van der Waals surface area contributed by atoms with Gasteiger partial charge >= 0.3 is 0 Å². The largest absolute Gasteiger partial charge is 0.392 e. The average Bonchev–Trinajstić information content (AvgIpc) is 2.28. The van der Waals surface area contributed by atoms with Gasteiger partial charge in [-0.3, -0.25) is 4.79 Å². The molecule has 0 radical (unpaired) electrons. The van der Waals surface area contributed by atoms with E-state index in [-0.39, 0.29) is 12.5 Å². The first-order valence-corrected chi connectivity index (χ1v) is 6.56. The van der Waals surface area contributed by atoms with Gasteiger partial charge in [-0.15, -0.1) is 0 Å². The Morgan fingerprint density at radius 3 is 2.71 bits per heavy atom. The number of amides is 1. The number of halogens is 2. The van der Waals surface area contributed by atoms with Crippen LogP contribution >= 0.6 is 39.7 Å². The number of likely N-dealkylation sites (N-methyl/N-ethyl adjacent to an activating group) is 1. The summed E-state index contributed by atoms with van der Waals surface area (Å²) in [5.41, 5.74) is 5.97. The average molecular weight is 336 g/mol. The molecule has 0 bridgehead atoms. The van der Waals surface area contributed by atoms with Crippen molar-refractivity contribution in [3.05, 3.63) is 33.3 Å². The number of hydrogen-bond donors (Lipinski definition) is 1. The van der Waals surface area contributed by atoms with Crippen LogP contribution in [0, 0.1) is 0 Å². The Labute approximate surface area is 119 Å². The number of carbonyl (C=O) groups is 1. The Bertz CT molecular complexity index is 453. The molecule has 6 heteroatoms. The van der Waals surface area contributed by atoms with Crippen molar-refractivity contribution in [3.63, 3.8) is 0 Å². The molecule has 17 heavy (non-hydrogen) atoms.